The van der Waals surface area contributed by atoms with E-state index < -0.39 is 17.0 Å². The van der Waals surface area contributed by atoms with Gasteiger partial charge < -0.3 is 19.6 Å². The quantitative estimate of drug-likeness (QED) is 0.581. The van der Waals surface area contributed by atoms with E-state index in [1.165, 1.54) is 12.1 Å². The van der Waals surface area contributed by atoms with Gasteiger partial charge in [0.1, 0.15) is 0 Å². The minimum atomic E-state index is -3.59. The third-order valence-corrected chi connectivity index (χ3v) is 5.76. The second-order valence-corrected chi connectivity index (χ2v) is 7.73. The van der Waals surface area contributed by atoms with Crippen LogP contribution in [0.2, 0.25) is 0 Å². The van der Waals surface area contributed by atoms with E-state index in [2.05, 4.69) is 9.97 Å². The van der Waals surface area contributed by atoms with Crippen LogP contribution in [-0.4, -0.2) is 30.5 Å². The number of aromatic nitrogens is 2. The van der Waals surface area contributed by atoms with E-state index in [4.69, 9.17) is 4.65 Å². The van der Waals surface area contributed by atoms with Crippen molar-refractivity contribution >= 4 is 33.5 Å². The lowest BCUT2D eigenvalue weighted by Gasteiger charge is -2.07. The Labute approximate surface area is 137 Å². The first-order valence-electron chi connectivity index (χ1n) is 7.28. The number of sulfone groups is 1. The molecular weight excluding hydrogens is 331 g/mol. The molecule has 4 rings (SSSR count). The van der Waals surface area contributed by atoms with Gasteiger partial charge in [-0.1, -0.05) is 18.2 Å². The summed E-state index contributed by atoms with van der Waals surface area (Å²) in [5, 5.41) is 9.73. The van der Waals surface area contributed by atoms with Gasteiger partial charge in [0.05, 0.1) is 28.3 Å². The number of H-pyrrole nitrogens is 2. The molecule has 0 atom stereocenters. The highest BCUT2D eigenvalue weighted by molar-refractivity contribution is 7.90. The SMILES string of the molecule is O=c1[nH]c2ccc(S(=O)(=O)Cc3ccc4c(c3)B(O)OC4)cc2[nH]1. The van der Waals surface area contributed by atoms with Crippen LogP contribution in [-0.2, 0) is 26.9 Å². The molecule has 0 aliphatic carbocycles. The fourth-order valence-electron chi connectivity index (χ4n) is 2.86. The second kappa shape index (κ2) is 5.33. The van der Waals surface area contributed by atoms with Crippen molar-refractivity contribution in [1.29, 1.82) is 0 Å². The normalized spacial score (nSPS) is 14.3. The van der Waals surface area contributed by atoms with Crippen molar-refractivity contribution < 1.29 is 18.1 Å². The molecule has 0 saturated carbocycles. The molecule has 7 nitrogen and oxygen atoms in total. The zero-order valence-electron chi connectivity index (χ0n) is 12.4. The third kappa shape index (κ3) is 2.56. The number of aromatic amines is 2. The molecule has 3 N–H and O–H groups in total. The highest BCUT2D eigenvalue weighted by atomic mass is 32.2. The Hall–Kier alpha value is -2.36. The van der Waals surface area contributed by atoms with E-state index in [9.17, 15) is 18.2 Å². The maximum atomic E-state index is 12.6. The number of benzene rings is 2. The molecular formula is C15H13BN2O5S. The van der Waals surface area contributed by atoms with Crippen molar-refractivity contribution in [2.45, 2.75) is 17.3 Å². The molecule has 1 aliphatic rings. The second-order valence-electron chi connectivity index (χ2n) is 5.74. The predicted octanol–water partition coefficient (Wildman–Crippen LogP) is 0.0478. The van der Waals surface area contributed by atoms with Crippen LogP contribution < -0.4 is 11.2 Å². The lowest BCUT2D eigenvalue weighted by atomic mass is 9.79. The summed E-state index contributed by atoms with van der Waals surface area (Å²) in [6.45, 7) is 0.320. The third-order valence-electron chi connectivity index (χ3n) is 4.08. The molecule has 0 saturated heterocycles. The summed E-state index contributed by atoms with van der Waals surface area (Å²) in [5.74, 6) is -0.201. The molecule has 2 heterocycles. The van der Waals surface area contributed by atoms with Gasteiger partial charge in [-0.15, -0.1) is 0 Å². The Morgan fingerprint density at radius 1 is 1.12 bits per heavy atom. The Kier molecular flexibility index (Phi) is 3.38. The number of hydrogen-bond acceptors (Lipinski definition) is 5. The van der Waals surface area contributed by atoms with E-state index in [1.807, 2.05) is 0 Å². The standard InChI is InChI=1S/C15H13BN2O5S/c19-15-17-13-4-3-11(6-14(13)18-15)24(21,22)8-9-1-2-10-7-23-16(20)12(10)5-9/h1-6,20H,7-8H2,(H2,17,18,19). The Balaban J connectivity index is 1.69. The molecule has 0 amide bonds. The number of imidazole rings is 1. The average Bonchev–Trinajstić information content (AvgIpc) is 3.08. The summed E-state index contributed by atoms with van der Waals surface area (Å²) in [6, 6.07) is 9.60. The Bertz CT molecular complexity index is 1100. The predicted molar refractivity (Wildman–Crippen MR) is 88.6 cm³/mol. The van der Waals surface area contributed by atoms with Crippen molar-refractivity contribution in [2.75, 3.05) is 0 Å². The number of hydrogen-bond donors (Lipinski definition) is 3. The topological polar surface area (TPSA) is 112 Å². The molecule has 1 aliphatic heterocycles. The van der Waals surface area contributed by atoms with E-state index in [0.29, 0.717) is 28.7 Å². The van der Waals surface area contributed by atoms with Crippen LogP contribution in [0.3, 0.4) is 0 Å². The van der Waals surface area contributed by atoms with Crippen LogP contribution >= 0.6 is 0 Å². The minimum absolute atomic E-state index is 0.127. The minimum Gasteiger partial charge on any atom is -0.423 e. The van der Waals surface area contributed by atoms with Gasteiger partial charge in [-0.05, 0) is 34.8 Å². The summed E-state index contributed by atoms with van der Waals surface area (Å²) in [5.41, 5.74) is 2.65. The summed E-state index contributed by atoms with van der Waals surface area (Å²) < 4.78 is 30.4. The molecule has 24 heavy (non-hydrogen) atoms. The van der Waals surface area contributed by atoms with Gasteiger partial charge in [-0.2, -0.15) is 0 Å². The van der Waals surface area contributed by atoms with Crippen molar-refractivity contribution in [2.24, 2.45) is 0 Å². The zero-order valence-corrected chi connectivity index (χ0v) is 13.3. The average molecular weight is 344 g/mol. The van der Waals surface area contributed by atoms with Gasteiger partial charge >= 0.3 is 12.8 Å². The number of fused-ring (bicyclic) bond motifs is 2. The summed E-state index contributed by atoms with van der Waals surface area (Å²) in [7, 11) is -4.60. The lowest BCUT2D eigenvalue weighted by molar-refractivity contribution is 0.275. The molecule has 0 bridgehead atoms. The smallest absolute Gasteiger partial charge is 0.423 e. The fraction of sp³-hybridized carbons (Fsp3) is 0.133. The molecule has 0 spiro atoms. The maximum Gasteiger partial charge on any atom is 0.491 e. The first kappa shape index (κ1) is 15.2. The van der Waals surface area contributed by atoms with Gasteiger partial charge in [0.15, 0.2) is 9.84 Å². The zero-order chi connectivity index (χ0) is 16.9. The van der Waals surface area contributed by atoms with E-state index in [-0.39, 0.29) is 16.3 Å². The van der Waals surface area contributed by atoms with E-state index in [0.717, 1.165) is 5.56 Å². The lowest BCUT2D eigenvalue weighted by Crippen LogP contribution is -2.28. The highest BCUT2D eigenvalue weighted by Gasteiger charge is 2.28. The number of rotatable bonds is 3. The highest BCUT2D eigenvalue weighted by Crippen LogP contribution is 2.20. The van der Waals surface area contributed by atoms with Gasteiger partial charge in [0, 0.05) is 0 Å². The van der Waals surface area contributed by atoms with Crippen LogP contribution in [0.1, 0.15) is 11.1 Å². The maximum absolute atomic E-state index is 12.6. The molecule has 0 radical (unpaired) electrons. The van der Waals surface area contributed by atoms with Gasteiger partial charge in [0.25, 0.3) is 0 Å². The van der Waals surface area contributed by atoms with Gasteiger partial charge in [-0.3, -0.25) is 0 Å². The van der Waals surface area contributed by atoms with Gasteiger partial charge in [0.2, 0.25) is 0 Å². The van der Waals surface area contributed by atoms with Crippen molar-refractivity contribution in [3.05, 3.63) is 58.0 Å². The number of nitrogens with one attached hydrogen (secondary N) is 2. The van der Waals surface area contributed by atoms with Crippen LogP contribution in [0.5, 0.6) is 0 Å². The largest absolute Gasteiger partial charge is 0.491 e. The Morgan fingerprint density at radius 3 is 2.75 bits per heavy atom. The van der Waals surface area contributed by atoms with Crippen LogP contribution in [0.4, 0.5) is 0 Å². The van der Waals surface area contributed by atoms with E-state index in [1.54, 1.807) is 24.3 Å². The first-order chi connectivity index (χ1) is 11.4. The fourth-order valence-corrected chi connectivity index (χ4v) is 4.22. The van der Waals surface area contributed by atoms with Gasteiger partial charge in [-0.25, -0.2) is 13.2 Å². The molecule has 3 aromatic rings. The summed E-state index contributed by atoms with van der Waals surface area (Å²) in [6.07, 6.45) is 0. The van der Waals surface area contributed by atoms with Crippen molar-refractivity contribution in [3.8, 4) is 0 Å². The monoisotopic (exact) mass is 344 g/mol. The molecule has 0 fully saturated rings. The molecule has 9 heteroatoms. The first-order valence-corrected chi connectivity index (χ1v) is 8.94. The summed E-state index contributed by atoms with van der Waals surface area (Å²) >= 11 is 0. The van der Waals surface area contributed by atoms with Crippen LogP contribution in [0.15, 0.2) is 46.1 Å². The molecule has 2 aromatic carbocycles. The van der Waals surface area contributed by atoms with E-state index >= 15 is 0 Å². The van der Waals surface area contributed by atoms with Crippen molar-refractivity contribution in [3.63, 3.8) is 0 Å². The molecule has 0 unspecified atom stereocenters. The Morgan fingerprint density at radius 2 is 1.92 bits per heavy atom. The molecule has 122 valence electrons. The van der Waals surface area contributed by atoms with Crippen molar-refractivity contribution in [1.82, 2.24) is 9.97 Å². The van der Waals surface area contributed by atoms with Crippen LogP contribution in [0.25, 0.3) is 11.0 Å². The summed E-state index contributed by atoms with van der Waals surface area (Å²) in [4.78, 5) is 16.5. The molecule has 1 aromatic heterocycles. The van der Waals surface area contributed by atoms with Crippen LogP contribution in [0, 0.1) is 0 Å².